The van der Waals surface area contributed by atoms with Crippen LogP contribution < -0.4 is 4.90 Å². The van der Waals surface area contributed by atoms with Gasteiger partial charge >= 0.3 is 0 Å². The van der Waals surface area contributed by atoms with Crippen LogP contribution >= 0.6 is 0 Å². The van der Waals surface area contributed by atoms with Crippen LogP contribution in [0.25, 0.3) is 28.2 Å². The summed E-state index contributed by atoms with van der Waals surface area (Å²) >= 11 is 0. The Balaban J connectivity index is 1.49. The average molecular weight is 440 g/mol. The lowest BCUT2D eigenvalue weighted by Gasteiger charge is -2.27. The number of allylic oxidation sites excluding steroid dienone is 2. The average Bonchev–Trinajstić information content (AvgIpc) is 3.52. The van der Waals surface area contributed by atoms with Gasteiger partial charge < -0.3 is 4.40 Å². The fourth-order valence-corrected chi connectivity index (χ4v) is 5.07. The summed E-state index contributed by atoms with van der Waals surface area (Å²) in [4.78, 5) is 17.2. The summed E-state index contributed by atoms with van der Waals surface area (Å²) < 4.78 is 2.07. The van der Waals surface area contributed by atoms with Crippen LogP contribution in [0.2, 0.25) is 0 Å². The Bertz CT molecular complexity index is 1510. The van der Waals surface area contributed by atoms with Gasteiger partial charge in [-0.05, 0) is 17.7 Å². The Morgan fingerprint density at radius 2 is 1.38 bits per heavy atom. The number of nitrogens with zero attached hydrogens (tertiary/aromatic N) is 5. The van der Waals surface area contributed by atoms with Gasteiger partial charge in [-0.2, -0.15) is 0 Å². The van der Waals surface area contributed by atoms with E-state index in [9.17, 15) is 0 Å². The Labute approximate surface area is 197 Å². The number of aromatic nitrogens is 4. The number of rotatable bonds is 3. The molecule has 4 heterocycles. The number of benzene rings is 2. The Hall–Kier alpha value is -4.51. The summed E-state index contributed by atoms with van der Waals surface area (Å²) in [5.41, 5.74) is 7.18. The molecule has 0 saturated carbocycles. The van der Waals surface area contributed by atoms with E-state index in [1.165, 1.54) is 5.56 Å². The van der Waals surface area contributed by atoms with E-state index >= 15 is 0 Å². The first kappa shape index (κ1) is 19.0. The topological polar surface area (TPSA) is 46.3 Å². The first-order valence-electron chi connectivity index (χ1n) is 11.5. The van der Waals surface area contributed by atoms with E-state index in [2.05, 4.69) is 76.2 Å². The molecule has 0 N–H and O–H groups in total. The van der Waals surface area contributed by atoms with Gasteiger partial charge in [-0.25, -0.2) is 15.0 Å². The van der Waals surface area contributed by atoms with E-state index < -0.39 is 0 Å². The minimum atomic E-state index is 0.0950. The summed E-state index contributed by atoms with van der Waals surface area (Å²) in [7, 11) is 0. The van der Waals surface area contributed by atoms with Gasteiger partial charge in [0.2, 0.25) is 5.95 Å². The highest BCUT2D eigenvalue weighted by molar-refractivity contribution is 5.84. The first-order valence-corrected chi connectivity index (χ1v) is 11.5. The molecular formula is C29H21N5. The predicted octanol–water partition coefficient (Wildman–Crippen LogP) is 6.19. The molecule has 5 heteroatoms. The van der Waals surface area contributed by atoms with Crippen molar-refractivity contribution < 1.29 is 0 Å². The van der Waals surface area contributed by atoms with Gasteiger partial charge in [0, 0.05) is 35.6 Å². The zero-order valence-electron chi connectivity index (χ0n) is 18.4. The van der Waals surface area contributed by atoms with Crippen molar-refractivity contribution in [2.75, 3.05) is 4.90 Å². The van der Waals surface area contributed by atoms with Crippen LogP contribution in [-0.2, 0) is 0 Å². The number of fused-ring (bicyclic) bond motifs is 5. The lowest BCUT2D eigenvalue weighted by atomic mass is 9.92. The van der Waals surface area contributed by atoms with E-state index in [4.69, 9.17) is 15.0 Å². The largest absolute Gasteiger partial charge is 0.305 e. The highest BCUT2D eigenvalue weighted by Crippen LogP contribution is 2.48. The third kappa shape index (κ3) is 2.90. The second-order valence-corrected chi connectivity index (χ2v) is 8.60. The van der Waals surface area contributed by atoms with Crippen molar-refractivity contribution in [3.63, 3.8) is 0 Å². The molecule has 0 amide bonds. The molecule has 2 atom stereocenters. The highest BCUT2D eigenvalue weighted by atomic mass is 15.3. The van der Waals surface area contributed by atoms with E-state index in [-0.39, 0.29) is 12.0 Å². The maximum Gasteiger partial charge on any atom is 0.231 e. The molecule has 34 heavy (non-hydrogen) atoms. The third-order valence-corrected chi connectivity index (χ3v) is 6.64. The van der Waals surface area contributed by atoms with E-state index in [1.807, 2.05) is 48.8 Å². The molecule has 2 aromatic carbocycles. The van der Waals surface area contributed by atoms with Gasteiger partial charge in [0.1, 0.15) is 0 Å². The molecule has 5 nitrogen and oxygen atoms in total. The predicted molar refractivity (Wildman–Crippen MR) is 135 cm³/mol. The minimum Gasteiger partial charge on any atom is -0.305 e. The number of hydrogen-bond acceptors (Lipinski definition) is 4. The summed E-state index contributed by atoms with van der Waals surface area (Å²) in [6.07, 6.45) is 14.7. The SMILES string of the molecule is C1=CC2c3ccn4ccnc4c3N(c3nc(-c4ccccc4)cc(-c4ccccc4)n3)C2C=C1. The van der Waals surface area contributed by atoms with Gasteiger partial charge in [0.25, 0.3) is 0 Å². The van der Waals surface area contributed by atoms with E-state index in [0.717, 1.165) is 33.8 Å². The molecule has 1 aliphatic heterocycles. The summed E-state index contributed by atoms with van der Waals surface area (Å²) in [6, 6.07) is 25.0. The summed E-state index contributed by atoms with van der Waals surface area (Å²) in [5, 5.41) is 0. The van der Waals surface area contributed by atoms with Crippen molar-refractivity contribution in [3.8, 4) is 22.5 Å². The maximum absolute atomic E-state index is 5.11. The fourth-order valence-electron chi connectivity index (χ4n) is 5.07. The number of anilines is 2. The van der Waals surface area contributed by atoms with Crippen LogP contribution in [0.15, 0.2) is 116 Å². The van der Waals surface area contributed by atoms with Crippen molar-refractivity contribution in [2.24, 2.45) is 0 Å². The van der Waals surface area contributed by atoms with E-state index in [0.29, 0.717) is 5.95 Å². The van der Waals surface area contributed by atoms with Crippen LogP contribution in [0, 0.1) is 0 Å². The number of imidazole rings is 1. The van der Waals surface area contributed by atoms with Crippen molar-refractivity contribution in [1.82, 2.24) is 19.4 Å². The highest BCUT2D eigenvalue weighted by Gasteiger charge is 2.40. The number of pyridine rings is 1. The lowest BCUT2D eigenvalue weighted by molar-refractivity contribution is 0.730. The van der Waals surface area contributed by atoms with Gasteiger partial charge in [0.05, 0.1) is 23.1 Å². The molecule has 2 unspecified atom stereocenters. The molecule has 162 valence electrons. The molecule has 0 fully saturated rings. The first-order chi connectivity index (χ1) is 16.9. The van der Waals surface area contributed by atoms with Crippen molar-refractivity contribution in [1.29, 1.82) is 0 Å². The van der Waals surface area contributed by atoms with Gasteiger partial charge in [-0.1, -0.05) is 85.0 Å². The summed E-state index contributed by atoms with van der Waals surface area (Å²) in [5.74, 6) is 0.913. The molecule has 0 saturated heterocycles. The molecule has 0 spiro atoms. The Kier molecular flexibility index (Phi) is 4.21. The minimum absolute atomic E-state index is 0.0950. The van der Waals surface area contributed by atoms with Crippen molar-refractivity contribution in [2.45, 2.75) is 12.0 Å². The lowest BCUT2D eigenvalue weighted by Crippen LogP contribution is -2.30. The van der Waals surface area contributed by atoms with Gasteiger partial charge in [-0.15, -0.1) is 0 Å². The maximum atomic E-state index is 5.11. The third-order valence-electron chi connectivity index (χ3n) is 6.64. The summed E-state index contributed by atoms with van der Waals surface area (Å²) in [6.45, 7) is 0. The second kappa shape index (κ2) is 7.52. The monoisotopic (exact) mass is 439 g/mol. The molecule has 2 aliphatic rings. The second-order valence-electron chi connectivity index (χ2n) is 8.60. The molecule has 5 aromatic rings. The molecule has 0 bridgehead atoms. The standard InChI is InChI=1S/C29H21N5/c1-3-9-20(10-4-1)24-19-25(21-11-5-2-6-12-21)32-29(31-24)34-26-14-8-7-13-22(26)23-15-17-33-18-16-30-28(33)27(23)34/h1-19,22,26H. The Morgan fingerprint density at radius 3 is 2.09 bits per heavy atom. The van der Waals surface area contributed by atoms with Crippen LogP contribution in [0.5, 0.6) is 0 Å². The van der Waals surface area contributed by atoms with Crippen molar-refractivity contribution in [3.05, 3.63) is 121 Å². The van der Waals surface area contributed by atoms with Crippen LogP contribution in [0.1, 0.15) is 11.5 Å². The molecule has 3 aromatic heterocycles. The molecular weight excluding hydrogens is 418 g/mol. The quantitative estimate of drug-likeness (QED) is 0.336. The molecule has 7 rings (SSSR count). The van der Waals surface area contributed by atoms with Crippen LogP contribution in [0.4, 0.5) is 11.6 Å². The van der Waals surface area contributed by atoms with Gasteiger partial charge in [0.15, 0.2) is 5.65 Å². The molecule has 0 radical (unpaired) electrons. The fraction of sp³-hybridized carbons (Fsp3) is 0.0690. The van der Waals surface area contributed by atoms with Crippen molar-refractivity contribution >= 4 is 17.3 Å². The smallest absolute Gasteiger partial charge is 0.231 e. The van der Waals surface area contributed by atoms with Crippen LogP contribution in [-0.4, -0.2) is 25.4 Å². The zero-order valence-corrected chi connectivity index (χ0v) is 18.4. The Morgan fingerprint density at radius 1 is 0.706 bits per heavy atom. The van der Waals surface area contributed by atoms with E-state index in [1.54, 1.807) is 0 Å². The zero-order chi connectivity index (χ0) is 22.5. The normalized spacial score (nSPS) is 18.3. The van der Waals surface area contributed by atoms with Crippen LogP contribution in [0.3, 0.4) is 0 Å². The number of hydrogen-bond donors (Lipinski definition) is 0. The van der Waals surface area contributed by atoms with Gasteiger partial charge in [-0.3, -0.25) is 4.90 Å². The molecule has 1 aliphatic carbocycles.